The van der Waals surface area contributed by atoms with Crippen LogP contribution >= 0.6 is 0 Å². The van der Waals surface area contributed by atoms with Gasteiger partial charge >= 0.3 is 37.8 Å². The second kappa shape index (κ2) is 21.6. The van der Waals surface area contributed by atoms with E-state index in [9.17, 15) is 79.0 Å². The number of rotatable bonds is 0. The van der Waals surface area contributed by atoms with Gasteiger partial charge in [0.05, 0.1) is 0 Å². The molecular weight excluding hydrogens is 754 g/mol. The van der Waals surface area contributed by atoms with Crippen molar-refractivity contribution in [1.82, 2.24) is 0 Å². The van der Waals surface area contributed by atoms with E-state index in [-0.39, 0.29) is 21.1 Å². The van der Waals surface area contributed by atoms with Crippen LogP contribution in [-0.2, 0) is 21.1 Å². The van der Waals surface area contributed by atoms with Gasteiger partial charge in [-0.05, 0) is 0 Å². The van der Waals surface area contributed by atoms with E-state index in [0.717, 1.165) is 0 Å². The van der Waals surface area contributed by atoms with Gasteiger partial charge in [0.25, 0.3) is 0 Å². The van der Waals surface area contributed by atoms with E-state index in [2.05, 4.69) is 0 Å². The monoisotopic (exact) mass is 754 g/mol. The van der Waals surface area contributed by atoms with E-state index >= 15 is 0 Å². The van der Waals surface area contributed by atoms with E-state index in [1.165, 1.54) is 29.1 Å². The summed E-state index contributed by atoms with van der Waals surface area (Å²) in [5.74, 6) is 0. The Balaban J connectivity index is -0.0000000581. The quantitative estimate of drug-likeness (QED) is 0.135. The molecule has 0 aromatic carbocycles. The molecule has 0 amide bonds. The van der Waals surface area contributed by atoms with Gasteiger partial charge < -0.3 is 0 Å². The molecular formula is C12F18N6W. The zero-order chi connectivity index (χ0) is 31.2. The molecule has 0 rings (SSSR count). The molecule has 0 aliphatic rings. The van der Waals surface area contributed by atoms with Crippen LogP contribution in [0.4, 0.5) is 79.0 Å². The van der Waals surface area contributed by atoms with Gasteiger partial charge in [-0.2, -0.15) is 0 Å². The maximum Gasteiger partial charge on any atom is 0.711 e. The zero-order valence-electron chi connectivity index (χ0n) is 15.9. The third-order valence-corrected chi connectivity index (χ3v) is 0.761. The Morgan fingerprint density at radius 2 is 0.270 bits per heavy atom. The summed E-state index contributed by atoms with van der Waals surface area (Å²) < 4.78 is 188. The minimum atomic E-state index is -4.67. The van der Waals surface area contributed by atoms with E-state index < -0.39 is 37.8 Å². The maximum atomic E-state index is 10.4. The Labute approximate surface area is 207 Å². The van der Waals surface area contributed by atoms with Crippen LogP contribution in [0.25, 0.3) is 29.1 Å². The van der Waals surface area contributed by atoms with Crippen molar-refractivity contribution >= 4 is 0 Å². The van der Waals surface area contributed by atoms with Crippen LogP contribution in [-0.4, -0.2) is 37.8 Å². The number of hydrogen-bond acceptors (Lipinski definition) is 0. The molecule has 0 atom stereocenters. The van der Waals surface area contributed by atoms with Crippen LogP contribution in [0.3, 0.4) is 0 Å². The van der Waals surface area contributed by atoms with Crippen molar-refractivity contribution < 1.29 is 100 Å². The number of nitrogens with zero attached hydrogens (tertiary/aromatic N) is 6. The molecule has 0 heterocycles. The Kier molecular flexibility index (Phi) is 29.4. The van der Waals surface area contributed by atoms with Crippen LogP contribution in [0.2, 0.25) is 0 Å². The summed E-state index contributed by atoms with van der Waals surface area (Å²) in [4.78, 5) is 7.62. The molecule has 210 valence electrons. The van der Waals surface area contributed by atoms with E-state index in [1.807, 2.05) is 0 Å². The minimum Gasteiger partial charge on any atom is -0.223 e. The third kappa shape index (κ3) is 145. The Bertz CT molecular complexity index is 647. The first kappa shape index (κ1) is 50.3. The van der Waals surface area contributed by atoms with Gasteiger partial charge in [-0.15, -0.1) is 0 Å². The fraction of sp³-hybridized carbons (Fsp3) is 0.500. The number of hydrogen-bond donors (Lipinski definition) is 0. The molecule has 0 unspecified atom stereocenters. The molecule has 0 aromatic heterocycles. The van der Waals surface area contributed by atoms with Crippen molar-refractivity contribution in [3.63, 3.8) is 0 Å². The van der Waals surface area contributed by atoms with Crippen LogP contribution in [0.5, 0.6) is 0 Å². The summed E-state index contributed by atoms with van der Waals surface area (Å²) in [7, 11) is 0. The summed E-state index contributed by atoms with van der Waals surface area (Å²) >= 11 is 0. The van der Waals surface area contributed by atoms with Gasteiger partial charge in [0.2, 0.25) is 0 Å². The van der Waals surface area contributed by atoms with Crippen molar-refractivity contribution in [2.75, 3.05) is 0 Å². The molecule has 0 saturated carbocycles. The first-order valence-corrected chi connectivity index (χ1v) is 6.08. The summed E-state index contributed by atoms with van der Waals surface area (Å²) in [6.07, 6.45) is -28.0. The van der Waals surface area contributed by atoms with Crippen LogP contribution < -0.4 is 0 Å². The topological polar surface area (TPSA) is 26.2 Å². The Morgan fingerprint density at radius 3 is 0.270 bits per heavy atom. The van der Waals surface area contributed by atoms with Crippen molar-refractivity contribution in [3.05, 3.63) is 68.5 Å². The Morgan fingerprint density at radius 1 is 0.243 bits per heavy atom. The molecule has 0 N–H and O–H groups in total. The summed E-state index contributed by atoms with van der Waals surface area (Å²) in [5.41, 5.74) is 0. The molecule has 0 aliphatic carbocycles. The van der Waals surface area contributed by atoms with Gasteiger partial charge in [0.15, 0.2) is 0 Å². The summed E-state index contributed by atoms with van der Waals surface area (Å²) in [6.45, 7) is 32.1. The predicted octanol–water partition coefficient (Wildman–Crippen LogP) is 8.55. The zero-order valence-corrected chi connectivity index (χ0v) is 18.8. The summed E-state index contributed by atoms with van der Waals surface area (Å²) in [5, 5.41) is 0. The van der Waals surface area contributed by atoms with Crippen LogP contribution in [0, 0.1) is 39.4 Å². The first-order chi connectivity index (χ1) is 15.4. The van der Waals surface area contributed by atoms with Gasteiger partial charge in [-0.3, -0.25) is 0 Å². The average Bonchev–Trinajstić information content (AvgIpc) is 2.67. The largest absolute Gasteiger partial charge is 0.711 e. The second-order valence-corrected chi connectivity index (χ2v) is 3.48. The van der Waals surface area contributed by atoms with E-state index in [4.69, 9.17) is 39.4 Å². The first-order valence-electron chi connectivity index (χ1n) is 6.08. The Hall–Kier alpha value is -3.63. The minimum absolute atomic E-state index is 0. The number of alkyl halides is 18. The molecule has 0 saturated heterocycles. The summed E-state index contributed by atoms with van der Waals surface area (Å²) in [6, 6.07) is 0. The third-order valence-electron chi connectivity index (χ3n) is 0.761. The molecule has 0 aromatic rings. The molecule has 0 radical (unpaired) electrons. The van der Waals surface area contributed by atoms with E-state index in [1.54, 1.807) is 0 Å². The van der Waals surface area contributed by atoms with Gasteiger partial charge in [0.1, 0.15) is 0 Å². The van der Waals surface area contributed by atoms with Crippen molar-refractivity contribution in [2.24, 2.45) is 0 Å². The van der Waals surface area contributed by atoms with Crippen LogP contribution in [0.1, 0.15) is 0 Å². The predicted molar refractivity (Wildman–Crippen MR) is 75.9 cm³/mol. The standard InChI is InChI=1S/6C2F3N.W/c6*1-6-2(3,4)5;. The molecule has 0 spiro atoms. The van der Waals surface area contributed by atoms with Crippen molar-refractivity contribution in [1.29, 1.82) is 0 Å². The fourth-order valence-electron chi connectivity index (χ4n) is 0. The van der Waals surface area contributed by atoms with Crippen LogP contribution in [0.15, 0.2) is 0 Å². The molecule has 37 heavy (non-hydrogen) atoms. The molecule has 25 heteroatoms. The van der Waals surface area contributed by atoms with Gasteiger partial charge in [0, 0.05) is 21.1 Å². The number of halogens is 18. The SMILES string of the molecule is [C-]#[N+]C(F)(F)F.[C-]#[N+]C(F)(F)F.[C-]#[N+]C(F)(F)F.[C-]#[N+]C(F)(F)F.[C-]#[N+]C(F)(F)F.[C-]#[N+]C(F)(F)F.[W]. The average molecular weight is 754 g/mol. The maximum absolute atomic E-state index is 10.4. The van der Waals surface area contributed by atoms with Crippen molar-refractivity contribution in [3.8, 4) is 0 Å². The molecule has 0 fully saturated rings. The van der Waals surface area contributed by atoms with Gasteiger partial charge in [-0.1, -0.05) is 79.0 Å². The van der Waals surface area contributed by atoms with E-state index in [0.29, 0.717) is 0 Å². The van der Waals surface area contributed by atoms with Gasteiger partial charge in [-0.25, -0.2) is 68.5 Å². The molecule has 0 bridgehead atoms. The normalized spacial score (nSPS) is 10.1. The smallest absolute Gasteiger partial charge is 0.223 e. The second-order valence-electron chi connectivity index (χ2n) is 3.48. The molecule has 0 aliphatic heterocycles. The van der Waals surface area contributed by atoms with Crippen molar-refractivity contribution in [2.45, 2.75) is 37.8 Å². The fourth-order valence-corrected chi connectivity index (χ4v) is 0. The molecule has 6 nitrogen and oxygen atoms in total.